The fraction of sp³-hybridized carbons (Fsp3) is 0.520. The quantitative estimate of drug-likeness (QED) is 0.199. The third-order valence-corrected chi connectivity index (χ3v) is 4.82. The molecule has 1 atom stereocenters. The van der Waals surface area contributed by atoms with Gasteiger partial charge in [-0.15, -0.1) is 0 Å². The zero-order chi connectivity index (χ0) is 22.3. The van der Waals surface area contributed by atoms with E-state index >= 15 is 0 Å². The summed E-state index contributed by atoms with van der Waals surface area (Å²) in [6.07, 6.45) is 30.8. The molecule has 0 radical (unpaired) electrons. The van der Waals surface area contributed by atoms with E-state index in [4.69, 9.17) is 5.11 Å². The molecule has 168 valence electrons. The second kappa shape index (κ2) is 21.7. The van der Waals surface area contributed by atoms with Crippen LogP contribution < -0.4 is 5.32 Å². The second-order valence-electron chi connectivity index (χ2n) is 6.84. The number of allylic oxidation sites excluding steroid dienone is 10. The fourth-order valence-corrected chi connectivity index (χ4v) is 2.98. The van der Waals surface area contributed by atoms with Gasteiger partial charge >= 0.3 is 5.97 Å². The molecule has 4 nitrogen and oxygen atoms in total. The molecule has 1 unspecified atom stereocenters. The summed E-state index contributed by atoms with van der Waals surface area (Å²) in [5.74, 6) is -0.428. The minimum absolute atomic E-state index is 0.184. The number of carbonyl (C=O) groups is 2. The van der Waals surface area contributed by atoms with Gasteiger partial charge in [0.05, 0.1) is 0 Å². The van der Waals surface area contributed by atoms with Crippen molar-refractivity contribution in [2.45, 2.75) is 70.8 Å². The zero-order valence-electron chi connectivity index (χ0n) is 18.6. The Labute approximate surface area is 187 Å². The average molecular weight is 434 g/mol. The Morgan fingerprint density at radius 1 is 0.867 bits per heavy atom. The van der Waals surface area contributed by atoms with Crippen molar-refractivity contribution in [3.8, 4) is 0 Å². The van der Waals surface area contributed by atoms with Gasteiger partial charge in [0.15, 0.2) is 0 Å². The molecular weight excluding hydrogens is 394 g/mol. The minimum atomic E-state index is -0.963. The summed E-state index contributed by atoms with van der Waals surface area (Å²) in [7, 11) is 0. The molecule has 0 aromatic carbocycles. The number of carboxylic acids is 1. The van der Waals surface area contributed by atoms with E-state index in [1.54, 1.807) is 11.8 Å². The van der Waals surface area contributed by atoms with Crippen LogP contribution in [0, 0.1) is 0 Å². The number of hydrogen-bond donors (Lipinski definition) is 2. The molecule has 0 saturated carbocycles. The van der Waals surface area contributed by atoms with Gasteiger partial charge in [-0.2, -0.15) is 11.8 Å². The Bertz CT molecular complexity index is 591. The highest BCUT2D eigenvalue weighted by atomic mass is 32.2. The van der Waals surface area contributed by atoms with Crippen LogP contribution >= 0.6 is 11.8 Å². The highest BCUT2D eigenvalue weighted by Crippen LogP contribution is 2.03. The van der Waals surface area contributed by atoms with Crippen LogP contribution in [0.25, 0.3) is 0 Å². The minimum Gasteiger partial charge on any atom is -0.480 e. The summed E-state index contributed by atoms with van der Waals surface area (Å²) in [6, 6.07) is -0.779. The lowest BCUT2D eigenvalue weighted by Crippen LogP contribution is -2.41. The summed E-state index contributed by atoms with van der Waals surface area (Å²) in [4.78, 5) is 23.0. The van der Waals surface area contributed by atoms with Crippen LogP contribution in [-0.2, 0) is 9.59 Å². The summed E-state index contributed by atoms with van der Waals surface area (Å²) in [6.45, 7) is 2.14. The molecule has 0 spiro atoms. The number of carboxylic acid groups (broad SMARTS) is 1. The Morgan fingerprint density at radius 3 is 1.83 bits per heavy atom. The molecule has 0 aliphatic heterocycles. The molecule has 5 heteroatoms. The molecule has 0 aliphatic carbocycles. The maximum absolute atomic E-state index is 11.9. The van der Waals surface area contributed by atoms with E-state index in [1.165, 1.54) is 0 Å². The molecule has 0 aromatic heterocycles. The molecule has 0 aliphatic rings. The van der Waals surface area contributed by atoms with Crippen molar-refractivity contribution in [2.24, 2.45) is 0 Å². The zero-order valence-corrected chi connectivity index (χ0v) is 19.4. The molecular formula is C25H39NO3S. The summed E-state index contributed by atoms with van der Waals surface area (Å²) in [5, 5.41) is 11.7. The monoisotopic (exact) mass is 433 g/mol. The number of unbranched alkanes of at least 4 members (excludes halogenated alkanes) is 1. The topological polar surface area (TPSA) is 66.4 Å². The van der Waals surface area contributed by atoms with Crippen LogP contribution in [0.15, 0.2) is 60.8 Å². The number of carbonyl (C=O) groups excluding carboxylic acids is 1. The van der Waals surface area contributed by atoms with E-state index in [9.17, 15) is 9.59 Å². The van der Waals surface area contributed by atoms with Gasteiger partial charge in [0.2, 0.25) is 5.91 Å². The van der Waals surface area contributed by atoms with E-state index in [0.717, 1.165) is 50.7 Å². The Kier molecular flexibility index (Phi) is 20.2. The Balaban J connectivity index is 3.74. The number of rotatable bonds is 18. The highest BCUT2D eigenvalue weighted by Gasteiger charge is 2.18. The Morgan fingerprint density at radius 2 is 1.37 bits per heavy atom. The lowest BCUT2D eigenvalue weighted by atomic mass is 10.2. The molecule has 0 aromatic rings. The van der Waals surface area contributed by atoms with E-state index in [2.05, 4.69) is 73.0 Å². The van der Waals surface area contributed by atoms with Crippen LogP contribution in [0.4, 0.5) is 0 Å². The van der Waals surface area contributed by atoms with E-state index in [1.807, 2.05) is 6.26 Å². The molecule has 2 N–H and O–H groups in total. The molecule has 1 amide bonds. The Hall–Kier alpha value is -2.01. The average Bonchev–Trinajstić information content (AvgIpc) is 2.73. The highest BCUT2D eigenvalue weighted by molar-refractivity contribution is 7.98. The number of thioether (sulfide) groups is 1. The third kappa shape index (κ3) is 19.3. The largest absolute Gasteiger partial charge is 0.480 e. The molecule has 30 heavy (non-hydrogen) atoms. The molecule has 0 saturated heterocycles. The van der Waals surface area contributed by atoms with Crippen molar-refractivity contribution >= 4 is 23.6 Å². The first-order valence-corrected chi connectivity index (χ1v) is 12.3. The predicted molar refractivity (Wildman–Crippen MR) is 131 cm³/mol. The molecule has 0 fully saturated rings. The fourth-order valence-electron chi connectivity index (χ4n) is 2.51. The van der Waals surface area contributed by atoms with Crippen LogP contribution in [0.5, 0.6) is 0 Å². The van der Waals surface area contributed by atoms with Gasteiger partial charge in [-0.25, -0.2) is 4.79 Å². The van der Waals surface area contributed by atoms with Gasteiger partial charge in [0.1, 0.15) is 6.04 Å². The van der Waals surface area contributed by atoms with Gasteiger partial charge in [-0.1, -0.05) is 67.7 Å². The number of aliphatic carboxylic acids is 1. The van der Waals surface area contributed by atoms with E-state index < -0.39 is 12.0 Å². The van der Waals surface area contributed by atoms with Crippen LogP contribution in [0.1, 0.15) is 64.7 Å². The smallest absolute Gasteiger partial charge is 0.326 e. The molecule has 0 rings (SSSR count). The lowest BCUT2D eigenvalue weighted by Gasteiger charge is -2.13. The summed E-state index contributed by atoms with van der Waals surface area (Å²) in [5.41, 5.74) is 0. The van der Waals surface area contributed by atoms with E-state index in [0.29, 0.717) is 12.8 Å². The molecule has 0 bridgehead atoms. The number of nitrogens with one attached hydrogen (secondary N) is 1. The van der Waals surface area contributed by atoms with Crippen molar-refractivity contribution in [1.82, 2.24) is 5.32 Å². The number of hydrogen-bond acceptors (Lipinski definition) is 3. The van der Waals surface area contributed by atoms with Gasteiger partial charge in [0, 0.05) is 6.42 Å². The first-order valence-electron chi connectivity index (χ1n) is 10.9. The van der Waals surface area contributed by atoms with Crippen molar-refractivity contribution in [1.29, 1.82) is 0 Å². The van der Waals surface area contributed by atoms with Gasteiger partial charge < -0.3 is 10.4 Å². The first kappa shape index (κ1) is 28.0. The maximum Gasteiger partial charge on any atom is 0.326 e. The van der Waals surface area contributed by atoms with Crippen molar-refractivity contribution in [2.75, 3.05) is 12.0 Å². The number of amides is 1. The maximum atomic E-state index is 11.9. The van der Waals surface area contributed by atoms with Gasteiger partial charge in [-0.3, -0.25) is 4.79 Å². The summed E-state index contributed by atoms with van der Waals surface area (Å²) < 4.78 is 0. The standard InChI is InChI=1S/C25H39NO3S/c1-3-4-5-6-7-8-9-10-11-12-13-14-15-16-17-18-19-20-24(27)26-23(25(28)29)21-22-30-2/h4-5,7-8,10-11,13-14,16-17,23H,3,6,9,12,15,18-22H2,1-2H3,(H,26,27)(H,28,29)/b5-4+,8-7+,11-10+,14-13+,17-16+. The summed E-state index contributed by atoms with van der Waals surface area (Å²) >= 11 is 1.58. The van der Waals surface area contributed by atoms with Crippen molar-refractivity contribution in [3.63, 3.8) is 0 Å². The molecule has 0 heterocycles. The van der Waals surface area contributed by atoms with Crippen LogP contribution in [-0.4, -0.2) is 35.0 Å². The van der Waals surface area contributed by atoms with E-state index in [-0.39, 0.29) is 5.91 Å². The first-order chi connectivity index (χ1) is 14.6. The predicted octanol–water partition coefficient (Wildman–Crippen LogP) is 6.23. The van der Waals surface area contributed by atoms with Crippen molar-refractivity contribution in [3.05, 3.63) is 60.8 Å². The van der Waals surface area contributed by atoms with Gasteiger partial charge in [0.25, 0.3) is 0 Å². The third-order valence-electron chi connectivity index (χ3n) is 4.18. The van der Waals surface area contributed by atoms with Crippen molar-refractivity contribution < 1.29 is 14.7 Å². The SMILES string of the molecule is CC/C=C/C/C=C/C/C=C/C/C=C/C/C=C/CCCC(=O)NC(CCSC)C(=O)O. The lowest BCUT2D eigenvalue weighted by molar-refractivity contribution is -0.141. The van der Waals surface area contributed by atoms with Crippen LogP contribution in [0.3, 0.4) is 0 Å². The normalized spacial score (nSPS) is 13.4. The van der Waals surface area contributed by atoms with Gasteiger partial charge in [-0.05, 0) is 63.4 Å². The van der Waals surface area contributed by atoms with Crippen LogP contribution in [0.2, 0.25) is 0 Å². The second-order valence-corrected chi connectivity index (χ2v) is 7.83.